The highest BCUT2D eigenvalue weighted by molar-refractivity contribution is 5.94. The van der Waals surface area contributed by atoms with Gasteiger partial charge in [-0.1, -0.05) is 25.0 Å². The summed E-state index contributed by atoms with van der Waals surface area (Å²) in [5.41, 5.74) is 7.46. The number of rotatable bonds is 6. The number of nitrogens with two attached hydrogens (primary N) is 1. The van der Waals surface area contributed by atoms with Crippen LogP contribution in [0.1, 0.15) is 41.6 Å². The van der Waals surface area contributed by atoms with E-state index in [1.54, 1.807) is 18.5 Å². The molecule has 1 heterocycles. The lowest BCUT2D eigenvalue weighted by atomic mass is 9.84. The third-order valence-electron chi connectivity index (χ3n) is 4.75. The van der Waals surface area contributed by atoms with Crippen molar-refractivity contribution in [1.82, 2.24) is 10.3 Å². The average molecular weight is 339 g/mol. The van der Waals surface area contributed by atoms with E-state index in [4.69, 9.17) is 10.5 Å². The standard InChI is InChI=1S/C20H25N3O2/c21-12-17-6-1-2-9-19(17)23-20(24)16-7-3-8-18(11-16)25-14-15-5-4-10-22-13-15/h3-5,7-8,10-11,13,17,19H,1-2,6,9,12,14,21H2,(H,23,24). The van der Waals surface area contributed by atoms with Crippen molar-refractivity contribution < 1.29 is 9.53 Å². The fourth-order valence-corrected chi connectivity index (χ4v) is 3.31. The van der Waals surface area contributed by atoms with E-state index in [1.807, 2.05) is 30.3 Å². The van der Waals surface area contributed by atoms with Crippen LogP contribution in [0, 0.1) is 5.92 Å². The zero-order valence-electron chi connectivity index (χ0n) is 14.4. The molecule has 2 atom stereocenters. The Balaban J connectivity index is 1.61. The van der Waals surface area contributed by atoms with Gasteiger partial charge < -0.3 is 15.8 Å². The molecule has 3 N–H and O–H groups in total. The Morgan fingerprint density at radius 1 is 1.24 bits per heavy atom. The van der Waals surface area contributed by atoms with Gasteiger partial charge in [0.25, 0.3) is 5.91 Å². The summed E-state index contributed by atoms with van der Waals surface area (Å²) in [5, 5.41) is 3.15. The van der Waals surface area contributed by atoms with Gasteiger partial charge in [-0.2, -0.15) is 0 Å². The summed E-state index contributed by atoms with van der Waals surface area (Å²) in [6, 6.07) is 11.3. The van der Waals surface area contributed by atoms with Crippen molar-refractivity contribution in [2.75, 3.05) is 6.54 Å². The molecule has 132 valence electrons. The van der Waals surface area contributed by atoms with Crippen molar-refractivity contribution in [2.24, 2.45) is 11.7 Å². The minimum Gasteiger partial charge on any atom is -0.489 e. The SMILES string of the molecule is NCC1CCCCC1NC(=O)c1cccc(OCc2cccnc2)c1. The molecule has 2 aromatic rings. The normalized spacial score (nSPS) is 20.0. The molecule has 2 unspecified atom stereocenters. The Morgan fingerprint density at radius 3 is 2.92 bits per heavy atom. The number of carbonyl (C=O) groups excluding carboxylic acids is 1. The number of hydrogen-bond acceptors (Lipinski definition) is 4. The first-order valence-corrected chi connectivity index (χ1v) is 8.89. The summed E-state index contributed by atoms with van der Waals surface area (Å²) in [6.45, 7) is 1.05. The van der Waals surface area contributed by atoms with Crippen molar-refractivity contribution >= 4 is 5.91 Å². The zero-order valence-corrected chi connectivity index (χ0v) is 14.4. The summed E-state index contributed by atoms with van der Waals surface area (Å²) in [4.78, 5) is 16.7. The van der Waals surface area contributed by atoms with Crippen LogP contribution in [-0.4, -0.2) is 23.5 Å². The molecule has 0 spiro atoms. The molecule has 25 heavy (non-hydrogen) atoms. The smallest absolute Gasteiger partial charge is 0.251 e. The predicted molar refractivity (Wildman–Crippen MR) is 97.3 cm³/mol. The van der Waals surface area contributed by atoms with Crippen LogP contribution in [0.3, 0.4) is 0 Å². The molecule has 0 bridgehead atoms. The molecule has 1 saturated carbocycles. The van der Waals surface area contributed by atoms with Gasteiger partial charge >= 0.3 is 0 Å². The minimum absolute atomic E-state index is 0.0582. The van der Waals surface area contributed by atoms with Gasteiger partial charge in [-0.3, -0.25) is 9.78 Å². The maximum Gasteiger partial charge on any atom is 0.251 e. The van der Waals surface area contributed by atoms with Gasteiger partial charge in [0.05, 0.1) is 0 Å². The van der Waals surface area contributed by atoms with Crippen molar-refractivity contribution in [3.63, 3.8) is 0 Å². The molecule has 0 radical (unpaired) electrons. The number of nitrogens with one attached hydrogen (secondary N) is 1. The Kier molecular flexibility index (Phi) is 6.01. The second kappa shape index (κ2) is 8.62. The summed E-state index contributed by atoms with van der Waals surface area (Å²) in [7, 11) is 0. The highest BCUT2D eigenvalue weighted by Gasteiger charge is 2.25. The molecule has 1 aliphatic carbocycles. The lowest BCUT2D eigenvalue weighted by molar-refractivity contribution is 0.0907. The van der Waals surface area contributed by atoms with Gasteiger partial charge in [0.15, 0.2) is 0 Å². The van der Waals surface area contributed by atoms with Crippen molar-refractivity contribution in [3.05, 3.63) is 59.9 Å². The van der Waals surface area contributed by atoms with Crippen LogP contribution in [0.2, 0.25) is 0 Å². The van der Waals surface area contributed by atoms with E-state index in [0.29, 0.717) is 30.4 Å². The molecule has 5 heteroatoms. The van der Waals surface area contributed by atoms with Gasteiger partial charge in [0.2, 0.25) is 0 Å². The van der Waals surface area contributed by atoms with Crippen LogP contribution in [0.5, 0.6) is 5.75 Å². The first kappa shape index (κ1) is 17.4. The summed E-state index contributed by atoms with van der Waals surface area (Å²) in [6.07, 6.45) is 7.95. The Labute approximate surface area is 148 Å². The number of aromatic nitrogens is 1. The lowest BCUT2D eigenvalue weighted by Crippen LogP contribution is -2.44. The number of amides is 1. The first-order chi connectivity index (χ1) is 12.3. The fraction of sp³-hybridized carbons (Fsp3) is 0.400. The number of carbonyl (C=O) groups is 1. The number of ether oxygens (including phenoxy) is 1. The van der Waals surface area contributed by atoms with Gasteiger partial charge in [0, 0.05) is 29.6 Å². The largest absolute Gasteiger partial charge is 0.489 e. The molecule has 5 nitrogen and oxygen atoms in total. The van der Waals surface area contributed by atoms with Crippen LogP contribution in [0.15, 0.2) is 48.8 Å². The van der Waals surface area contributed by atoms with Gasteiger partial charge in [-0.05, 0) is 49.6 Å². The number of pyridine rings is 1. The number of benzene rings is 1. The summed E-state index contributed by atoms with van der Waals surface area (Å²) < 4.78 is 5.78. The second-order valence-electron chi connectivity index (χ2n) is 6.54. The van der Waals surface area contributed by atoms with E-state index in [2.05, 4.69) is 10.3 Å². The molecule has 0 saturated heterocycles. The van der Waals surface area contributed by atoms with Crippen LogP contribution in [0.4, 0.5) is 0 Å². The third kappa shape index (κ3) is 4.79. The van der Waals surface area contributed by atoms with E-state index in [-0.39, 0.29) is 11.9 Å². The number of hydrogen-bond donors (Lipinski definition) is 2. The zero-order chi connectivity index (χ0) is 17.5. The first-order valence-electron chi connectivity index (χ1n) is 8.89. The molecule has 1 amide bonds. The van der Waals surface area contributed by atoms with E-state index in [1.165, 1.54) is 6.42 Å². The van der Waals surface area contributed by atoms with E-state index < -0.39 is 0 Å². The second-order valence-corrected chi connectivity index (χ2v) is 6.54. The Morgan fingerprint density at radius 2 is 2.12 bits per heavy atom. The van der Waals surface area contributed by atoms with Crippen LogP contribution in [0.25, 0.3) is 0 Å². The lowest BCUT2D eigenvalue weighted by Gasteiger charge is -2.31. The van der Waals surface area contributed by atoms with Crippen molar-refractivity contribution in [1.29, 1.82) is 0 Å². The molecular weight excluding hydrogens is 314 g/mol. The highest BCUT2D eigenvalue weighted by atomic mass is 16.5. The molecular formula is C20H25N3O2. The quantitative estimate of drug-likeness (QED) is 0.848. The third-order valence-corrected chi connectivity index (χ3v) is 4.75. The maximum absolute atomic E-state index is 12.6. The summed E-state index contributed by atoms with van der Waals surface area (Å²) in [5.74, 6) is 0.996. The van der Waals surface area contributed by atoms with Gasteiger partial charge in [-0.15, -0.1) is 0 Å². The molecule has 1 aromatic heterocycles. The number of nitrogens with zero attached hydrogens (tertiary/aromatic N) is 1. The molecule has 3 rings (SSSR count). The molecule has 1 aromatic carbocycles. The Bertz CT molecular complexity index is 690. The van der Waals surface area contributed by atoms with Gasteiger partial charge in [0.1, 0.15) is 12.4 Å². The van der Waals surface area contributed by atoms with Crippen molar-refractivity contribution in [3.8, 4) is 5.75 Å². The minimum atomic E-state index is -0.0582. The molecule has 1 fully saturated rings. The maximum atomic E-state index is 12.6. The van der Waals surface area contributed by atoms with E-state index in [9.17, 15) is 4.79 Å². The molecule has 0 aliphatic heterocycles. The van der Waals surface area contributed by atoms with Crippen LogP contribution >= 0.6 is 0 Å². The van der Waals surface area contributed by atoms with Gasteiger partial charge in [-0.25, -0.2) is 0 Å². The van der Waals surface area contributed by atoms with Crippen molar-refractivity contribution in [2.45, 2.75) is 38.3 Å². The summed E-state index contributed by atoms with van der Waals surface area (Å²) >= 11 is 0. The average Bonchev–Trinajstić information content (AvgIpc) is 2.68. The monoisotopic (exact) mass is 339 g/mol. The van der Waals surface area contributed by atoms with E-state index >= 15 is 0 Å². The van der Waals surface area contributed by atoms with Crippen LogP contribution < -0.4 is 15.8 Å². The van der Waals surface area contributed by atoms with Crippen LogP contribution in [-0.2, 0) is 6.61 Å². The topological polar surface area (TPSA) is 77.2 Å². The Hall–Kier alpha value is -2.40. The molecule has 1 aliphatic rings. The predicted octanol–water partition coefficient (Wildman–Crippen LogP) is 2.91. The fourth-order valence-electron chi connectivity index (χ4n) is 3.31. The highest BCUT2D eigenvalue weighted by Crippen LogP contribution is 2.24. The van der Waals surface area contributed by atoms with E-state index in [0.717, 1.165) is 24.8 Å².